The lowest BCUT2D eigenvalue weighted by atomic mass is 9.97. The van der Waals surface area contributed by atoms with Crippen LogP contribution in [0.3, 0.4) is 0 Å². The first-order valence-corrected chi connectivity index (χ1v) is 12.1. The minimum Gasteiger partial charge on any atom is -0.497 e. The van der Waals surface area contributed by atoms with Gasteiger partial charge in [0.2, 0.25) is 5.88 Å². The Morgan fingerprint density at radius 3 is 2.33 bits per heavy atom. The van der Waals surface area contributed by atoms with Gasteiger partial charge in [-0.05, 0) is 48.7 Å². The number of methoxy groups -OCH3 is 1. The molecule has 0 aliphatic heterocycles. The van der Waals surface area contributed by atoms with E-state index >= 15 is 0 Å². The molecule has 0 bridgehead atoms. The average molecular weight is 529 g/mol. The highest BCUT2D eigenvalue weighted by molar-refractivity contribution is 6.38. The summed E-state index contributed by atoms with van der Waals surface area (Å²) in [6.07, 6.45) is 2.87. The van der Waals surface area contributed by atoms with E-state index in [2.05, 4.69) is 6.92 Å². The molecule has 2 aromatic carbocycles. The lowest BCUT2D eigenvalue weighted by molar-refractivity contribution is 0.103. The van der Waals surface area contributed by atoms with Crippen molar-refractivity contribution in [3.63, 3.8) is 0 Å². The largest absolute Gasteiger partial charge is 0.497 e. The van der Waals surface area contributed by atoms with E-state index in [1.165, 1.54) is 26.2 Å². The highest BCUT2D eigenvalue weighted by Crippen LogP contribution is 2.36. The second kappa shape index (κ2) is 12.0. The predicted octanol–water partition coefficient (Wildman–Crippen LogP) is 5.90. The van der Waals surface area contributed by atoms with Crippen molar-refractivity contribution in [1.29, 1.82) is 5.26 Å². The van der Waals surface area contributed by atoms with E-state index in [0.29, 0.717) is 17.9 Å². The lowest BCUT2D eigenvalue weighted by Crippen LogP contribution is -2.27. The number of carbonyl (C=O) groups is 1. The zero-order valence-corrected chi connectivity index (χ0v) is 21.7. The molecule has 188 valence electrons. The summed E-state index contributed by atoms with van der Waals surface area (Å²) in [5.41, 5.74) is -0.297. The first kappa shape index (κ1) is 27.1. The average Bonchev–Trinajstić information content (AvgIpc) is 2.86. The van der Waals surface area contributed by atoms with Crippen LogP contribution in [0.15, 0.2) is 41.2 Å². The molecular formula is C27H26Cl2N2O5. The van der Waals surface area contributed by atoms with Gasteiger partial charge in [0, 0.05) is 5.56 Å². The number of nitriles is 1. The van der Waals surface area contributed by atoms with Crippen LogP contribution in [0.4, 0.5) is 0 Å². The van der Waals surface area contributed by atoms with Gasteiger partial charge >= 0.3 is 0 Å². The standard InChI is InChI=1S/C27H26Cl2N2O5/c1-4-5-6-11-36-25-21(28)12-18(13-22(25)29)24(32)23-16(2)20(14-30)26(33)31(27(23)34)15-17-7-9-19(35-3)10-8-17/h7-10,12-13,34H,4-6,11,15H2,1-3H3. The Bertz CT molecular complexity index is 1350. The van der Waals surface area contributed by atoms with Gasteiger partial charge in [0.25, 0.3) is 5.56 Å². The number of hydrogen-bond donors (Lipinski definition) is 1. The summed E-state index contributed by atoms with van der Waals surface area (Å²) in [6, 6.07) is 11.5. The molecule has 3 aromatic rings. The maximum atomic E-state index is 13.5. The van der Waals surface area contributed by atoms with Crippen LogP contribution in [-0.4, -0.2) is 29.2 Å². The van der Waals surface area contributed by atoms with Gasteiger partial charge in [0.15, 0.2) is 11.5 Å². The molecule has 1 N–H and O–H groups in total. The number of aromatic hydroxyl groups is 1. The van der Waals surface area contributed by atoms with Crippen LogP contribution in [0.2, 0.25) is 10.0 Å². The van der Waals surface area contributed by atoms with Gasteiger partial charge in [-0.2, -0.15) is 5.26 Å². The molecule has 7 nitrogen and oxygen atoms in total. The molecule has 36 heavy (non-hydrogen) atoms. The molecule has 0 saturated heterocycles. The predicted molar refractivity (Wildman–Crippen MR) is 139 cm³/mol. The van der Waals surface area contributed by atoms with Crippen LogP contribution in [-0.2, 0) is 6.54 Å². The number of pyridine rings is 1. The van der Waals surface area contributed by atoms with Crippen molar-refractivity contribution in [1.82, 2.24) is 4.57 Å². The molecule has 0 aliphatic carbocycles. The number of ketones is 1. The topological polar surface area (TPSA) is 102 Å². The molecule has 0 amide bonds. The molecule has 0 unspecified atom stereocenters. The molecule has 0 radical (unpaired) electrons. The highest BCUT2D eigenvalue weighted by Gasteiger charge is 2.26. The third kappa shape index (κ3) is 5.67. The molecule has 9 heteroatoms. The van der Waals surface area contributed by atoms with Crippen LogP contribution in [0, 0.1) is 18.3 Å². The van der Waals surface area contributed by atoms with Crippen LogP contribution >= 0.6 is 23.2 Å². The third-order valence-corrected chi connectivity index (χ3v) is 6.34. The van der Waals surface area contributed by atoms with E-state index in [-0.39, 0.29) is 44.6 Å². The van der Waals surface area contributed by atoms with E-state index < -0.39 is 17.2 Å². The second-order valence-electron chi connectivity index (χ2n) is 8.20. The van der Waals surface area contributed by atoms with Crippen molar-refractivity contribution < 1.29 is 19.4 Å². The van der Waals surface area contributed by atoms with Crippen molar-refractivity contribution in [2.24, 2.45) is 0 Å². The number of rotatable bonds is 10. The summed E-state index contributed by atoms with van der Waals surface area (Å²) in [6.45, 7) is 3.90. The monoisotopic (exact) mass is 528 g/mol. The van der Waals surface area contributed by atoms with Crippen molar-refractivity contribution in [2.75, 3.05) is 13.7 Å². The van der Waals surface area contributed by atoms with Crippen LogP contribution in [0.1, 0.15) is 58.8 Å². The summed E-state index contributed by atoms with van der Waals surface area (Å²) in [7, 11) is 1.53. The van der Waals surface area contributed by atoms with Gasteiger partial charge in [-0.1, -0.05) is 55.1 Å². The number of hydrogen-bond acceptors (Lipinski definition) is 6. The number of benzene rings is 2. The number of aromatic nitrogens is 1. The van der Waals surface area contributed by atoms with Gasteiger partial charge in [-0.15, -0.1) is 0 Å². The van der Waals surface area contributed by atoms with Crippen molar-refractivity contribution in [3.05, 3.63) is 84.6 Å². The molecule has 1 heterocycles. The molecule has 0 atom stereocenters. The SMILES string of the molecule is CCCCCOc1c(Cl)cc(C(=O)c2c(C)c(C#N)c(=O)n(Cc3ccc(OC)cc3)c2O)cc1Cl. The summed E-state index contributed by atoms with van der Waals surface area (Å²) in [4.78, 5) is 26.5. The van der Waals surface area contributed by atoms with E-state index in [9.17, 15) is 20.0 Å². The van der Waals surface area contributed by atoms with Gasteiger partial charge in [0.1, 0.15) is 17.4 Å². The van der Waals surface area contributed by atoms with Crippen molar-refractivity contribution >= 4 is 29.0 Å². The molecule has 1 aromatic heterocycles. The normalized spacial score (nSPS) is 10.7. The van der Waals surface area contributed by atoms with Crippen LogP contribution < -0.4 is 15.0 Å². The first-order valence-electron chi connectivity index (χ1n) is 11.4. The third-order valence-electron chi connectivity index (χ3n) is 5.78. The summed E-state index contributed by atoms with van der Waals surface area (Å²) in [5.74, 6) is -0.288. The Morgan fingerprint density at radius 1 is 1.14 bits per heavy atom. The smallest absolute Gasteiger partial charge is 0.271 e. The Kier molecular flexibility index (Phi) is 9.03. The van der Waals surface area contributed by atoms with Crippen molar-refractivity contribution in [3.8, 4) is 23.4 Å². The minimum atomic E-state index is -0.702. The fourth-order valence-corrected chi connectivity index (χ4v) is 4.38. The minimum absolute atomic E-state index is 0.0596. The number of halogens is 2. The fraction of sp³-hybridized carbons (Fsp3) is 0.296. The molecular weight excluding hydrogens is 503 g/mol. The fourth-order valence-electron chi connectivity index (χ4n) is 3.78. The highest BCUT2D eigenvalue weighted by atomic mass is 35.5. The zero-order valence-electron chi connectivity index (χ0n) is 20.2. The van der Waals surface area contributed by atoms with Crippen LogP contribution in [0.25, 0.3) is 0 Å². The molecule has 0 aliphatic rings. The Morgan fingerprint density at radius 2 is 1.78 bits per heavy atom. The van der Waals surface area contributed by atoms with Crippen molar-refractivity contribution in [2.45, 2.75) is 39.7 Å². The summed E-state index contributed by atoms with van der Waals surface area (Å²) >= 11 is 12.7. The molecule has 0 spiro atoms. The first-order chi connectivity index (χ1) is 17.2. The quantitative estimate of drug-likeness (QED) is 0.259. The Hall–Kier alpha value is -3.47. The van der Waals surface area contributed by atoms with Gasteiger partial charge in [-0.3, -0.25) is 14.2 Å². The maximum Gasteiger partial charge on any atom is 0.271 e. The van der Waals surface area contributed by atoms with E-state index in [4.69, 9.17) is 32.7 Å². The number of ether oxygens (including phenoxy) is 2. The van der Waals surface area contributed by atoms with Gasteiger partial charge in [-0.25, -0.2) is 0 Å². The number of unbranched alkanes of at least 4 members (excludes halogenated alkanes) is 2. The lowest BCUT2D eigenvalue weighted by Gasteiger charge is -2.17. The van der Waals surface area contributed by atoms with E-state index in [0.717, 1.165) is 23.8 Å². The zero-order chi connectivity index (χ0) is 26.4. The molecule has 0 saturated carbocycles. The number of carbonyl (C=O) groups excluding carboxylic acids is 1. The maximum absolute atomic E-state index is 13.5. The van der Waals surface area contributed by atoms with E-state index in [1.807, 2.05) is 6.07 Å². The van der Waals surface area contributed by atoms with Gasteiger partial charge in [0.05, 0.1) is 35.9 Å². The van der Waals surface area contributed by atoms with Crippen LogP contribution in [0.5, 0.6) is 17.4 Å². The summed E-state index contributed by atoms with van der Waals surface area (Å²) < 4.78 is 11.8. The second-order valence-corrected chi connectivity index (χ2v) is 9.02. The van der Waals surface area contributed by atoms with Gasteiger partial charge < -0.3 is 14.6 Å². The summed E-state index contributed by atoms with van der Waals surface area (Å²) in [5, 5.41) is 21.0. The van der Waals surface area contributed by atoms with E-state index in [1.54, 1.807) is 24.3 Å². The molecule has 3 rings (SSSR count). The Balaban J connectivity index is 2.04. The molecule has 0 fully saturated rings. The number of nitrogens with zero attached hydrogens (tertiary/aromatic N) is 2. The Labute approximate surface area is 219 Å².